The molecule has 0 aromatic heterocycles. The van der Waals surface area contributed by atoms with Crippen LogP contribution in [0.5, 0.6) is 0 Å². The molecule has 1 aliphatic carbocycles. The Labute approximate surface area is 62.9 Å². The predicted octanol–water partition coefficient (Wildman–Crippen LogP) is 3.27. The fraction of sp³-hybridized carbons (Fsp3) is 1.00. The van der Waals surface area contributed by atoms with Crippen molar-refractivity contribution in [1.29, 1.82) is 0 Å². The Hall–Kier alpha value is 0.799. The quantitative estimate of drug-likeness (QED) is 0.609. The predicted molar refractivity (Wildman–Crippen MR) is 45.6 cm³/mol. The van der Waals surface area contributed by atoms with Gasteiger partial charge in [-0.2, -0.15) is 0 Å². The van der Waals surface area contributed by atoms with E-state index >= 15 is 0 Å². The molecule has 0 N–H and O–H groups in total. The fourth-order valence-electron chi connectivity index (χ4n) is 1.79. The average Bonchev–Trinajstić information content (AvgIpc) is 2.08. The molecule has 0 saturated heterocycles. The fourth-order valence-corrected chi connectivity index (χ4v) is 7.90. The van der Waals surface area contributed by atoms with Crippen LogP contribution in [0.1, 0.15) is 25.7 Å². The van der Waals surface area contributed by atoms with Crippen LogP contribution < -0.4 is 0 Å². The van der Waals surface area contributed by atoms with Gasteiger partial charge in [-0.25, -0.2) is 0 Å². The van der Waals surface area contributed by atoms with Crippen molar-refractivity contribution in [3.8, 4) is 0 Å². The molecular formula is C8H18Sn. The first kappa shape index (κ1) is 7.90. The molecule has 0 atom stereocenters. The molecule has 0 amide bonds. The molecule has 9 heavy (non-hydrogen) atoms. The van der Waals surface area contributed by atoms with Gasteiger partial charge in [-0.05, 0) is 0 Å². The molecule has 0 spiro atoms. The second-order valence-corrected chi connectivity index (χ2v) is 20.2. The van der Waals surface area contributed by atoms with E-state index in [4.69, 9.17) is 0 Å². The summed E-state index contributed by atoms with van der Waals surface area (Å²) in [6, 6.07) is 0. The monoisotopic (exact) mass is 234 g/mol. The zero-order valence-electron chi connectivity index (χ0n) is 6.91. The average molecular weight is 233 g/mol. The van der Waals surface area contributed by atoms with Crippen molar-refractivity contribution in [1.82, 2.24) is 0 Å². The standard InChI is InChI=1S/C5H9.3CH3.Sn/c1-2-4-5-3-1;;;;/h1H,2-5H2;3*1H3;. The Morgan fingerprint density at radius 1 is 1.00 bits per heavy atom. The summed E-state index contributed by atoms with van der Waals surface area (Å²) >= 11 is -1.39. The van der Waals surface area contributed by atoms with E-state index in [1.807, 2.05) is 0 Å². The van der Waals surface area contributed by atoms with Gasteiger partial charge in [0.2, 0.25) is 0 Å². The normalized spacial score (nSPS) is 23.0. The number of hydrogen-bond acceptors (Lipinski definition) is 0. The molecule has 1 rings (SSSR count). The summed E-state index contributed by atoms with van der Waals surface area (Å²) in [7, 11) is 0. The molecule has 0 radical (unpaired) electrons. The minimum absolute atomic E-state index is 1.22. The van der Waals surface area contributed by atoms with E-state index in [1.165, 1.54) is 16.8 Å². The summed E-state index contributed by atoms with van der Waals surface area (Å²) in [6.07, 6.45) is 6.19. The molecule has 0 bridgehead atoms. The van der Waals surface area contributed by atoms with Gasteiger partial charge in [-0.3, -0.25) is 0 Å². The molecule has 1 fully saturated rings. The van der Waals surface area contributed by atoms with Crippen LogP contribution in [0.3, 0.4) is 0 Å². The summed E-state index contributed by atoms with van der Waals surface area (Å²) in [5.41, 5.74) is 0. The van der Waals surface area contributed by atoms with Crippen molar-refractivity contribution in [3.05, 3.63) is 0 Å². The van der Waals surface area contributed by atoms with Crippen molar-refractivity contribution < 1.29 is 0 Å². The number of rotatable bonds is 1. The van der Waals surface area contributed by atoms with Gasteiger partial charge in [-0.15, -0.1) is 0 Å². The molecule has 0 nitrogen and oxygen atoms in total. The van der Waals surface area contributed by atoms with Crippen LogP contribution >= 0.6 is 0 Å². The van der Waals surface area contributed by atoms with Crippen molar-refractivity contribution in [3.63, 3.8) is 0 Å². The zero-order chi connectivity index (χ0) is 6.91. The van der Waals surface area contributed by atoms with Gasteiger partial charge in [0.05, 0.1) is 0 Å². The zero-order valence-corrected chi connectivity index (χ0v) is 9.76. The third-order valence-electron chi connectivity index (χ3n) is 2.58. The first-order valence-corrected chi connectivity index (χ1v) is 14.3. The summed E-state index contributed by atoms with van der Waals surface area (Å²) in [5.74, 6) is 0. The number of hydrogen-bond donors (Lipinski definition) is 0. The molecular weight excluding hydrogens is 215 g/mol. The summed E-state index contributed by atoms with van der Waals surface area (Å²) in [5, 5.41) is 0. The van der Waals surface area contributed by atoms with Crippen molar-refractivity contribution in [2.45, 2.75) is 44.4 Å². The van der Waals surface area contributed by atoms with Crippen molar-refractivity contribution in [2.24, 2.45) is 0 Å². The van der Waals surface area contributed by atoms with Gasteiger partial charge < -0.3 is 0 Å². The van der Waals surface area contributed by atoms with Crippen molar-refractivity contribution >= 4 is 18.4 Å². The van der Waals surface area contributed by atoms with E-state index in [2.05, 4.69) is 14.8 Å². The van der Waals surface area contributed by atoms with Gasteiger partial charge in [0.1, 0.15) is 0 Å². The molecule has 1 heteroatoms. The Bertz CT molecular complexity index is 85.2. The second kappa shape index (κ2) is 2.81. The second-order valence-electron chi connectivity index (χ2n) is 4.35. The molecule has 0 aromatic rings. The van der Waals surface area contributed by atoms with E-state index in [9.17, 15) is 0 Å². The van der Waals surface area contributed by atoms with Gasteiger partial charge in [0.15, 0.2) is 0 Å². The Balaban J connectivity index is 2.42. The van der Waals surface area contributed by atoms with Gasteiger partial charge in [-0.1, -0.05) is 0 Å². The van der Waals surface area contributed by atoms with E-state index < -0.39 is 18.4 Å². The van der Waals surface area contributed by atoms with E-state index in [-0.39, 0.29) is 0 Å². The first-order chi connectivity index (χ1) is 4.11. The van der Waals surface area contributed by atoms with Gasteiger partial charge in [0.25, 0.3) is 0 Å². The first-order valence-electron chi connectivity index (χ1n) is 4.11. The third-order valence-corrected chi connectivity index (χ3v) is 11.2. The Morgan fingerprint density at radius 2 is 1.44 bits per heavy atom. The molecule has 0 aromatic carbocycles. The van der Waals surface area contributed by atoms with Crippen LogP contribution in [0.15, 0.2) is 0 Å². The van der Waals surface area contributed by atoms with Crippen LogP contribution in [0.25, 0.3) is 0 Å². The molecule has 0 unspecified atom stereocenters. The van der Waals surface area contributed by atoms with E-state index in [0.717, 1.165) is 0 Å². The molecule has 1 saturated carbocycles. The summed E-state index contributed by atoms with van der Waals surface area (Å²) in [6.45, 7) is 0. The van der Waals surface area contributed by atoms with Crippen LogP contribution in [0.4, 0.5) is 0 Å². The van der Waals surface area contributed by atoms with E-state index in [0.29, 0.717) is 0 Å². The summed E-state index contributed by atoms with van der Waals surface area (Å²) < 4.78 is 1.22. The van der Waals surface area contributed by atoms with Crippen LogP contribution in [0, 0.1) is 0 Å². The maximum absolute atomic E-state index is 2.57. The molecule has 54 valence electrons. The maximum atomic E-state index is 2.57. The third kappa shape index (κ3) is 2.14. The summed E-state index contributed by atoms with van der Waals surface area (Å²) in [4.78, 5) is 7.72. The van der Waals surface area contributed by atoms with Gasteiger partial charge >= 0.3 is 62.8 Å². The Kier molecular flexibility index (Phi) is 2.47. The topological polar surface area (TPSA) is 0 Å². The molecule has 0 heterocycles. The minimum atomic E-state index is -1.39. The van der Waals surface area contributed by atoms with E-state index in [1.54, 1.807) is 12.8 Å². The Morgan fingerprint density at radius 3 is 1.67 bits per heavy atom. The SMILES string of the molecule is [CH3][Sn]([CH3])([CH3])[CH]1CCCC1. The van der Waals surface area contributed by atoms with Crippen molar-refractivity contribution in [2.75, 3.05) is 0 Å². The molecule has 1 aliphatic rings. The molecule has 0 aliphatic heterocycles. The van der Waals surface area contributed by atoms with Crippen LogP contribution in [-0.2, 0) is 0 Å². The van der Waals surface area contributed by atoms with Crippen LogP contribution in [0.2, 0.25) is 18.8 Å². The van der Waals surface area contributed by atoms with Crippen LogP contribution in [-0.4, -0.2) is 18.4 Å². The van der Waals surface area contributed by atoms with Gasteiger partial charge in [0, 0.05) is 0 Å².